The molecule has 16 heavy (non-hydrogen) atoms. The maximum atomic E-state index is 8.88. The summed E-state index contributed by atoms with van der Waals surface area (Å²) in [5, 5.41) is 8.88. The molecule has 0 saturated carbocycles. The quantitative estimate of drug-likeness (QED) is 0.782. The van der Waals surface area contributed by atoms with E-state index in [-0.39, 0.29) is 0 Å². The number of hydrogen-bond acceptors (Lipinski definition) is 3. The Morgan fingerprint density at radius 3 is 2.62 bits per heavy atom. The standard InChI is InChI=1S/C13H10N2O/c14-9-12-3-1-2-4-13(12)16-10-11-5-7-15-8-6-11/h1-8H,10H2. The number of aromatic nitrogens is 1. The van der Waals surface area contributed by atoms with Gasteiger partial charge in [0.25, 0.3) is 0 Å². The smallest absolute Gasteiger partial charge is 0.137 e. The molecule has 0 radical (unpaired) electrons. The number of benzene rings is 1. The van der Waals surface area contributed by atoms with Gasteiger partial charge in [-0.2, -0.15) is 5.26 Å². The number of rotatable bonds is 3. The zero-order chi connectivity index (χ0) is 11.2. The molecule has 0 atom stereocenters. The lowest BCUT2D eigenvalue weighted by Crippen LogP contribution is -1.96. The van der Waals surface area contributed by atoms with Crippen LogP contribution >= 0.6 is 0 Å². The Kier molecular flexibility index (Phi) is 3.15. The van der Waals surface area contributed by atoms with Gasteiger partial charge in [0, 0.05) is 12.4 Å². The highest BCUT2D eigenvalue weighted by Gasteiger charge is 2.01. The number of para-hydroxylation sites is 1. The maximum Gasteiger partial charge on any atom is 0.137 e. The van der Waals surface area contributed by atoms with Gasteiger partial charge in [0.1, 0.15) is 18.4 Å². The lowest BCUT2D eigenvalue weighted by Gasteiger charge is -2.06. The minimum atomic E-state index is 0.446. The lowest BCUT2D eigenvalue weighted by atomic mass is 10.2. The summed E-state index contributed by atoms with van der Waals surface area (Å²) in [5.74, 6) is 0.613. The summed E-state index contributed by atoms with van der Waals surface area (Å²) in [5.41, 5.74) is 1.58. The maximum absolute atomic E-state index is 8.88. The van der Waals surface area contributed by atoms with E-state index in [2.05, 4.69) is 11.1 Å². The summed E-state index contributed by atoms with van der Waals surface area (Å²) in [6, 6.07) is 13.1. The van der Waals surface area contributed by atoms with Crippen LogP contribution in [0.2, 0.25) is 0 Å². The van der Waals surface area contributed by atoms with Crippen LogP contribution in [0.15, 0.2) is 48.8 Å². The molecule has 0 unspecified atom stereocenters. The van der Waals surface area contributed by atoms with Crippen molar-refractivity contribution in [1.29, 1.82) is 5.26 Å². The van der Waals surface area contributed by atoms with E-state index >= 15 is 0 Å². The average Bonchev–Trinajstić information content (AvgIpc) is 2.38. The second-order valence-electron chi connectivity index (χ2n) is 3.25. The molecule has 0 N–H and O–H groups in total. The van der Waals surface area contributed by atoms with Crippen molar-refractivity contribution in [3.63, 3.8) is 0 Å². The molecule has 3 nitrogen and oxygen atoms in total. The molecule has 0 aliphatic heterocycles. The molecule has 0 spiro atoms. The molecular weight excluding hydrogens is 200 g/mol. The molecule has 1 aromatic heterocycles. The van der Waals surface area contributed by atoms with E-state index in [9.17, 15) is 0 Å². The SMILES string of the molecule is N#Cc1ccccc1OCc1ccncc1. The third kappa shape index (κ3) is 2.37. The molecule has 2 rings (SSSR count). The Hall–Kier alpha value is -2.34. The first-order chi connectivity index (χ1) is 7.90. The molecule has 0 amide bonds. The van der Waals surface area contributed by atoms with Crippen LogP contribution in [0.4, 0.5) is 0 Å². The van der Waals surface area contributed by atoms with Crippen molar-refractivity contribution in [3.8, 4) is 11.8 Å². The van der Waals surface area contributed by atoms with E-state index in [0.717, 1.165) is 5.56 Å². The van der Waals surface area contributed by atoms with Crippen LogP contribution in [0, 0.1) is 11.3 Å². The molecule has 0 fully saturated rings. The van der Waals surface area contributed by atoms with Crippen molar-refractivity contribution < 1.29 is 4.74 Å². The Labute approximate surface area is 93.9 Å². The zero-order valence-electron chi connectivity index (χ0n) is 8.63. The number of nitrogens with zero attached hydrogens (tertiary/aromatic N) is 2. The first-order valence-corrected chi connectivity index (χ1v) is 4.91. The average molecular weight is 210 g/mol. The van der Waals surface area contributed by atoms with Crippen molar-refractivity contribution in [2.24, 2.45) is 0 Å². The topological polar surface area (TPSA) is 45.9 Å². The Morgan fingerprint density at radius 1 is 1.12 bits per heavy atom. The van der Waals surface area contributed by atoms with Crippen LogP contribution < -0.4 is 4.74 Å². The normalized spacial score (nSPS) is 9.44. The molecule has 0 aliphatic rings. The Balaban J connectivity index is 2.09. The Bertz CT molecular complexity index is 503. The van der Waals surface area contributed by atoms with E-state index in [0.29, 0.717) is 17.9 Å². The largest absolute Gasteiger partial charge is 0.488 e. The minimum absolute atomic E-state index is 0.446. The number of pyridine rings is 1. The van der Waals surface area contributed by atoms with Crippen LogP contribution in [0.1, 0.15) is 11.1 Å². The summed E-state index contributed by atoms with van der Waals surface area (Å²) >= 11 is 0. The van der Waals surface area contributed by atoms with Gasteiger partial charge in [0.15, 0.2) is 0 Å². The van der Waals surface area contributed by atoms with E-state index in [1.807, 2.05) is 24.3 Å². The van der Waals surface area contributed by atoms with E-state index in [1.165, 1.54) is 0 Å². The van der Waals surface area contributed by atoms with Gasteiger partial charge in [-0.25, -0.2) is 0 Å². The molecular formula is C13H10N2O. The molecule has 3 heteroatoms. The highest BCUT2D eigenvalue weighted by molar-refractivity contribution is 5.42. The third-order valence-corrected chi connectivity index (χ3v) is 2.15. The molecule has 1 heterocycles. The highest BCUT2D eigenvalue weighted by Crippen LogP contribution is 2.17. The number of hydrogen-bond donors (Lipinski definition) is 0. The van der Waals surface area contributed by atoms with Crippen molar-refractivity contribution in [2.45, 2.75) is 6.61 Å². The highest BCUT2D eigenvalue weighted by atomic mass is 16.5. The fourth-order valence-corrected chi connectivity index (χ4v) is 1.32. The van der Waals surface area contributed by atoms with Crippen molar-refractivity contribution in [2.75, 3.05) is 0 Å². The predicted octanol–water partition coefficient (Wildman–Crippen LogP) is 2.53. The van der Waals surface area contributed by atoms with Crippen LogP contribution in [-0.4, -0.2) is 4.98 Å². The molecule has 0 aliphatic carbocycles. The molecule has 0 saturated heterocycles. The van der Waals surface area contributed by atoms with E-state index in [4.69, 9.17) is 10.00 Å². The van der Waals surface area contributed by atoms with Crippen LogP contribution in [0.5, 0.6) is 5.75 Å². The summed E-state index contributed by atoms with van der Waals surface area (Å²) in [4.78, 5) is 3.93. The molecule has 0 bridgehead atoms. The fourth-order valence-electron chi connectivity index (χ4n) is 1.32. The van der Waals surface area contributed by atoms with Gasteiger partial charge < -0.3 is 4.74 Å². The van der Waals surface area contributed by atoms with E-state index < -0.39 is 0 Å². The van der Waals surface area contributed by atoms with Gasteiger partial charge in [0.2, 0.25) is 0 Å². The molecule has 78 valence electrons. The predicted molar refractivity (Wildman–Crippen MR) is 59.7 cm³/mol. The van der Waals surface area contributed by atoms with Gasteiger partial charge in [-0.05, 0) is 29.8 Å². The van der Waals surface area contributed by atoms with Crippen LogP contribution in [0.25, 0.3) is 0 Å². The van der Waals surface area contributed by atoms with Gasteiger partial charge in [-0.15, -0.1) is 0 Å². The van der Waals surface area contributed by atoms with Crippen LogP contribution in [-0.2, 0) is 6.61 Å². The van der Waals surface area contributed by atoms with Gasteiger partial charge in [0.05, 0.1) is 5.56 Å². The van der Waals surface area contributed by atoms with Crippen molar-refractivity contribution in [1.82, 2.24) is 4.98 Å². The van der Waals surface area contributed by atoms with Crippen molar-refractivity contribution >= 4 is 0 Å². The Morgan fingerprint density at radius 2 is 1.88 bits per heavy atom. The third-order valence-electron chi connectivity index (χ3n) is 2.15. The monoisotopic (exact) mass is 210 g/mol. The second-order valence-corrected chi connectivity index (χ2v) is 3.25. The summed E-state index contributed by atoms with van der Waals surface area (Å²) in [6.45, 7) is 0.446. The first-order valence-electron chi connectivity index (χ1n) is 4.91. The number of ether oxygens (including phenoxy) is 1. The van der Waals surface area contributed by atoms with Crippen molar-refractivity contribution in [3.05, 3.63) is 59.9 Å². The summed E-state index contributed by atoms with van der Waals surface area (Å²) in [7, 11) is 0. The van der Waals surface area contributed by atoms with Gasteiger partial charge in [-0.1, -0.05) is 12.1 Å². The lowest BCUT2D eigenvalue weighted by molar-refractivity contribution is 0.305. The second kappa shape index (κ2) is 4.94. The summed E-state index contributed by atoms with van der Waals surface area (Å²) in [6.07, 6.45) is 3.43. The molecule has 2 aromatic rings. The number of nitriles is 1. The first kappa shape index (κ1) is 10.2. The van der Waals surface area contributed by atoms with Crippen LogP contribution in [0.3, 0.4) is 0 Å². The summed E-state index contributed by atoms with van der Waals surface area (Å²) < 4.78 is 5.56. The fraction of sp³-hybridized carbons (Fsp3) is 0.0769. The van der Waals surface area contributed by atoms with Gasteiger partial charge >= 0.3 is 0 Å². The molecule has 1 aromatic carbocycles. The van der Waals surface area contributed by atoms with E-state index in [1.54, 1.807) is 24.5 Å². The zero-order valence-corrected chi connectivity index (χ0v) is 8.63. The minimum Gasteiger partial charge on any atom is -0.488 e. The van der Waals surface area contributed by atoms with Gasteiger partial charge in [-0.3, -0.25) is 4.98 Å².